The molecule has 9 nitrogen and oxygen atoms in total. The highest BCUT2D eigenvalue weighted by atomic mass is 16.6. The van der Waals surface area contributed by atoms with Gasteiger partial charge in [-0.2, -0.15) is 0 Å². The Morgan fingerprint density at radius 2 is 0.312 bits per heavy atom. The lowest BCUT2D eigenvalue weighted by Gasteiger charge is -2.18. The highest BCUT2D eigenvalue weighted by Crippen LogP contribution is 2.43. The average Bonchev–Trinajstić information content (AvgIpc) is 1.03. The molecule has 0 aromatic heterocycles. The predicted octanol–water partition coefficient (Wildman–Crippen LogP) is 25.8. The number of ether oxygens (including phenoxy) is 9. The summed E-state index contributed by atoms with van der Waals surface area (Å²) >= 11 is 0. The summed E-state index contributed by atoms with van der Waals surface area (Å²) < 4.78 is 60.0. The molecule has 9 heteroatoms. The van der Waals surface area contributed by atoms with Gasteiger partial charge >= 0.3 is 0 Å². The van der Waals surface area contributed by atoms with Crippen LogP contribution in [0.5, 0.6) is 51.7 Å². The first-order valence-corrected chi connectivity index (χ1v) is 38.2. The van der Waals surface area contributed by atoms with Crippen molar-refractivity contribution in [2.24, 2.45) is 0 Å². The van der Waals surface area contributed by atoms with Gasteiger partial charge in [-0.1, -0.05) is 272 Å². The summed E-state index contributed by atoms with van der Waals surface area (Å²) in [7, 11) is 0. The molecule has 0 saturated carbocycles. The fourth-order valence-corrected chi connectivity index (χ4v) is 11.1. The van der Waals surface area contributed by atoms with E-state index in [-0.39, 0.29) is 0 Å². The number of hydrogen-bond donors (Lipinski definition) is 0. The molecule has 4 aromatic rings. The van der Waals surface area contributed by atoms with Crippen molar-refractivity contribution in [1.82, 2.24) is 0 Å². The van der Waals surface area contributed by atoms with Crippen LogP contribution in [-0.2, 0) is 0 Å². The molecule has 4 rings (SSSR count). The van der Waals surface area contributed by atoms with Gasteiger partial charge in [0.15, 0.2) is 34.5 Å². The van der Waals surface area contributed by atoms with Crippen molar-refractivity contribution in [2.75, 3.05) is 59.5 Å². The largest absolute Gasteiger partial charge is 0.490 e. The maximum absolute atomic E-state index is 6.68. The molecule has 0 saturated heterocycles. The van der Waals surface area contributed by atoms with Gasteiger partial charge in [-0.15, -0.1) is 0 Å². The summed E-state index contributed by atoms with van der Waals surface area (Å²) in [5.74, 6) is 6.64. The molecule has 0 aliphatic rings. The van der Waals surface area contributed by atoms with Crippen LogP contribution >= 0.6 is 0 Å². The smallest absolute Gasteiger partial charge is 0.203 e. The molecule has 0 N–H and O–H groups in total. The summed E-state index contributed by atoms with van der Waals surface area (Å²) in [6.07, 6.45) is 53.7. The third-order valence-electron chi connectivity index (χ3n) is 16.8. The summed E-state index contributed by atoms with van der Waals surface area (Å²) in [5, 5.41) is 0. The zero-order valence-electron chi connectivity index (χ0n) is 60.7. The van der Waals surface area contributed by atoms with E-state index in [9.17, 15) is 0 Å². The number of hydrogen-bond acceptors (Lipinski definition) is 9. The van der Waals surface area contributed by atoms with E-state index in [0.29, 0.717) is 59.5 Å². The molecule has 0 aliphatic carbocycles. The van der Waals surface area contributed by atoms with Crippen LogP contribution < -0.4 is 42.6 Å². The molecule has 0 bridgehead atoms. The maximum atomic E-state index is 6.68. The second kappa shape index (κ2) is 53.5. The molecule has 0 fully saturated rings. The van der Waals surface area contributed by atoms with E-state index in [1.165, 1.54) is 116 Å². The van der Waals surface area contributed by atoms with Crippen molar-refractivity contribution in [3.8, 4) is 51.7 Å². The molecule has 0 spiro atoms. The monoisotopic (exact) mass is 1280 g/mol. The fourth-order valence-electron chi connectivity index (χ4n) is 11.1. The van der Waals surface area contributed by atoms with Gasteiger partial charge in [-0.3, -0.25) is 0 Å². The molecule has 0 radical (unpaired) electrons. The fraction of sp³-hybridized carbons (Fsp3) is 0.643. The number of rotatable bonds is 60. The summed E-state index contributed by atoms with van der Waals surface area (Å²) in [4.78, 5) is 0. The Balaban J connectivity index is 1.95. The van der Waals surface area contributed by atoms with Gasteiger partial charge in [0.25, 0.3) is 0 Å². The van der Waals surface area contributed by atoms with Crippen molar-refractivity contribution in [3.63, 3.8) is 0 Å². The van der Waals surface area contributed by atoms with Crippen molar-refractivity contribution in [2.45, 2.75) is 293 Å². The van der Waals surface area contributed by atoms with Crippen LogP contribution in [0.1, 0.15) is 327 Å². The lowest BCUT2D eigenvalue weighted by Crippen LogP contribution is -2.06. The Bertz CT molecular complexity index is 2200. The van der Waals surface area contributed by atoms with Crippen molar-refractivity contribution in [3.05, 3.63) is 88.0 Å². The molecule has 522 valence electrons. The average molecular weight is 1290 g/mol. The minimum Gasteiger partial charge on any atom is -0.490 e. The highest BCUT2D eigenvalue weighted by molar-refractivity contribution is 5.81. The van der Waals surface area contributed by atoms with Gasteiger partial charge in [0.05, 0.1) is 59.5 Å². The minimum atomic E-state index is 0.625. The van der Waals surface area contributed by atoms with Gasteiger partial charge in [0.2, 0.25) is 17.2 Å². The number of benzene rings is 4. The van der Waals surface area contributed by atoms with E-state index < -0.39 is 0 Å². The zero-order chi connectivity index (χ0) is 66.5. The van der Waals surface area contributed by atoms with Gasteiger partial charge in [-0.05, 0) is 146 Å². The standard InChI is InChI=1S/C84H132O9/c1-10-19-28-37-52-85-76-64-73(65-77(86-53-38-29-20-11-2)82(76)91-58-43-34-25-16-7)49-46-70-61-71(47-50-74-66-78(87-54-39-30-21-12-3)83(92-59-44-35-26-17-8)79(67-74)88-55-40-31-22-13-4)63-72(62-70)48-51-75-68-80(89-56-41-32-23-14-5)84(93-60-45-36-27-18-9)81(69-75)90-57-42-33-24-15-6/h46-51,61-69H,10-45,52-60H2,1-9H3/b49-46+,50-47+,51-48+. The molecular weight excluding hydrogens is 1150 g/mol. The summed E-state index contributed by atoms with van der Waals surface area (Å²) in [6, 6.07) is 19.6. The quantitative estimate of drug-likeness (QED) is 0.0317. The predicted molar refractivity (Wildman–Crippen MR) is 399 cm³/mol. The molecule has 93 heavy (non-hydrogen) atoms. The Morgan fingerprint density at radius 3 is 0.462 bits per heavy atom. The molecule has 0 heterocycles. The van der Waals surface area contributed by atoms with Crippen LogP contribution in [0.2, 0.25) is 0 Å². The van der Waals surface area contributed by atoms with E-state index in [1.54, 1.807) is 0 Å². The lowest BCUT2D eigenvalue weighted by atomic mass is 10.0. The first-order chi connectivity index (χ1) is 45.8. The second-order valence-corrected chi connectivity index (χ2v) is 25.7. The topological polar surface area (TPSA) is 83.1 Å². The Hall–Kier alpha value is -5.70. The number of unbranched alkanes of at least 4 members (excludes halogenated alkanes) is 27. The maximum Gasteiger partial charge on any atom is 0.203 e. The van der Waals surface area contributed by atoms with Crippen LogP contribution in [0.4, 0.5) is 0 Å². The molecule has 4 aromatic carbocycles. The highest BCUT2D eigenvalue weighted by Gasteiger charge is 2.19. The zero-order valence-corrected chi connectivity index (χ0v) is 60.7. The molecule has 0 amide bonds. The molecule has 0 atom stereocenters. The van der Waals surface area contributed by atoms with Crippen molar-refractivity contribution < 1.29 is 42.6 Å². The molecular formula is C84H132O9. The second-order valence-electron chi connectivity index (χ2n) is 25.7. The van der Waals surface area contributed by atoms with Crippen molar-refractivity contribution >= 4 is 36.5 Å². The van der Waals surface area contributed by atoms with Crippen LogP contribution in [0.15, 0.2) is 54.6 Å². The lowest BCUT2D eigenvalue weighted by molar-refractivity contribution is 0.234. The first kappa shape index (κ1) is 79.7. The van der Waals surface area contributed by atoms with Crippen LogP contribution in [0, 0.1) is 0 Å². The Morgan fingerprint density at radius 1 is 0.172 bits per heavy atom. The van der Waals surface area contributed by atoms with E-state index in [1.807, 2.05) is 0 Å². The van der Waals surface area contributed by atoms with Gasteiger partial charge in [-0.25, -0.2) is 0 Å². The van der Waals surface area contributed by atoms with Crippen LogP contribution in [0.25, 0.3) is 36.5 Å². The first-order valence-electron chi connectivity index (χ1n) is 38.2. The Kier molecular flexibility index (Phi) is 45.9. The van der Waals surface area contributed by atoms with E-state index in [2.05, 4.69) is 153 Å². The third-order valence-corrected chi connectivity index (χ3v) is 16.8. The van der Waals surface area contributed by atoms with E-state index >= 15 is 0 Å². The van der Waals surface area contributed by atoms with Crippen molar-refractivity contribution in [1.29, 1.82) is 0 Å². The van der Waals surface area contributed by atoms with E-state index in [0.717, 1.165) is 201 Å². The summed E-state index contributed by atoms with van der Waals surface area (Å²) in [5.41, 5.74) is 6.13. The molecule has 0 aliphatic heterocycles. The normalized spacial score (nSPS) is 11.6. The van der Waals surface area contributed by atoms with Gasteiger partial charge in [0, 0.05) is 0 Å². The van der Waals surface area contributed by atoms with Gasteiger partial charge < -0.3 is 42.6 Å². The third kappa shape index (κ3) is 35.0. The van der Waals surface area contributed by atoms with Crippen LogP contribution in [-0.4, -0.2) is 59.5 Å². The Labute approximate surface area is 568 Å². The van der Waals surface area contributed by atoms with Crippen LogP contribution in [0.3, 0.4) is 0 Å². The minimum absolute atomic E-state index is 0.625. The summed E-state index contributed by atoms with van der Waals surface area (Å²) in [6.45, 7) is 25.9. The SMILES string of the molecule is CCCCCCOc1cc(/C=C/c2cc(/C=C/c3cc(OCCCCCC)c(OCCCCCC)c(OCCCCCC)c3)cc(/C=C/c3cc(OCCCCCC)c(OCCCCCC)c(OCCCCCC)c3)c2)cc(OCCCCCC)c1OCCCCCC. The van der Waals surface area contributed by atoms with Gasteiger partial charge in [0.1, 0.15) is 0 Å². The van der Waals surface area contributed by atoms with E-state index in [4.69, 9.17) is 42.6 Å². The molecule has 0 unspecified atom stereocenters.